The van der Waals surface area contributed by atoms with Gasteiger partial charge in [-0.05, 0) is 40.0 Å². The van der Waals surface area contributed by atoms with Crippen LogP contribution in [0.4, 0.5) is 5.69 Å². The molecule has 1 saturated heterocycles. The highest BCUT2D eigenvalue weighted by molar-refractivity contribution is 9.11. The van der Waals surface area contributed by atoms with E-state index in [2.05, 4.69) is 37.2 Å². The minimum Gasteiger partial charge on any atom is -0.344 e. The highest BCUT2D eigenvalue weighted by Gasteiger charge is 2.34. The van der Waals surface area contributed by atoms with Gasteiger partial charge in [-0.3, -0.25) is 9.59 Å². The molecule has 6 heteroatoms. The predicted molar refractivity (Wildman–Crippen MR) is 90.2 cm³/mol. The number of amides is 2. The van der Waals surface area contributed by atoms with Crippen LogP contribution in [0.1, 0.15) is 26.7 Å². The van der Waals surface area contributed by atoms with Crippen molar-refractivity contribution in [1.29, 1.82) is 0 Å². The minimum absolute atomic E-state index is 0.0433. The molecule has 1 aromatic carbocycles. The topological polar surface area (TPSA) is 49.4 Å². The van der Waals surface area contributed by atoms with Crippen molar-refractivity contribution in [3.8, 4) is 0 Å². The van der Waals surface area contributed by atoms with E-state index in [1.54, 1.807) is 4.90 Å². The lowest BCUT2D eigenvalue weighted by atomic mass is 9.98. The normalized spacial score (nSPS) is 21.0. The zero-order chi connectivity index (χ0) is 15.6. The van der Waals surface area contributed by atoms with Crippen LogP contribution >= 0.6 is 31.9 Å². The summed E-state index contributed by atoms with van der Waals surface area (Å²) < 4.78 is 1.77. The Bertz CT molecular complexity index is 563. The van der Waals surface area contributed by atoms with Crippen molar-refractivity contribution in [3.05, 3.63) is 27.1 Å². The highest BCUT2D eigenvalue weighted by Crippen LogP contribution is 2.31. The Labute approximate surface area is 141 Å². The number of anilines is 1. The maximum Gasteiger partial charge on any atom is 0.249 e. The maximum atomic E-state index is 12.8. The quantitative estimate of drug-likeness (QED) is 0.818. The molecule has 0 aliphatic carbocycles. The van der Waals surface area contributed by atoms with Crippen LogP contribution in [0, 0.1) is 5.92 Å². The van der Waals surface area contributed by atoms with Crippen LogP contribution in [0.3, 0.4) is 0 Å². The largest absolute Gasteiger partial charge is 0.344 e. The second kappa shape index (κ2) is 6.92. The third-order valence-electron chi connectivity index (χ3n) is 3.82. The highest BCUT2D eigenvalue weighted by atomic mass is 79.9. The summed E-state index contributed by atoms with van der Waals surface area (Å²) in [4.78, 5) is 26.4. The fourth-order valence-electron chi connectivity index (χ4n) is 2.36. The number of halogens is 2. The molecule has 1 fully saturated rings. The zero-order valence-electron chi connectivity index (χ0n) is 12.0. The second-order valence-corrected chi connectivity index (χ2v) is 7.04. The van der Waals surface area contributed by atoms with E-state index in [1.165, 1.54) is 0 Å². The smallest absolute Gasteiger partial charge is 0.249 e. The molecule has 0 bridgehead atoms. The molecule has 1 aliphatic heterocycles. The molecule has 114 valence electrons. The summed E-state index contributed by atoms with van der Waals surface area (Å²) in [5.41, 5.74) is 0.799. The van der Waals surface area contributed by atoms with Gasteiger partial charge in [-0.15, -0.1) is 0 Å². The van der Waals surface area contributed by atoms with E-state index in [-0.39, 0.29) is 17.7 Å². The van der Waals surface area contributed by atoms with Gasteiger partial charge >= 0.3 is 0 Å². The van der Waals surface area contributed by atoms with Crippen molar-refractivity contribution in [3.63, 3.8) is 0 Å². The summed E-state index contributed by atoms with van der Waals surface area (Å²) in [6.07, 6.45) is 1.16. The van der Waals surface area contributed by atoms with E-state index in [0.29, 0.717) is 13.0 Å². The van der Waals surface area contributed by atoms with E-state index in [9.17, 15) is 9.59 Å². The maximum absolute atomic E-state index is 12.8. The van der Waals surface area contributed by atoms with Crippen molar-refractivity contribution in [2.45, 2.75) is 32.7 Å². The lowest BCUT2D eigenvalue weighted by molar-refractivity contribution is -0.126. The summed E-state index contributed by atoms with van der Waals surface area (Å²) >= 11 is 6.90. The molecule has 0 spiro atoms. The molecule has 0 aromatic heterocycles. The summed E-state index contributed by atoms with van der Waals surface area (Å²) in [5.74, 6) is -0.00104. The van der Waals surface area contributed by atoms with E-state index in [0.717, 1.165) is 21.1 Å². The Morgan fingerprint density at radius 3 is 2.71 bits per heavy atom. The fourth-order valence-corrected chi connectivity index (χ4v) is 3.62. The van der Waals surface area contributed by atoms with E-state index >= 15 is 0 Å². The first-order valence-electron chi connectivity index (χ1n) is 6.99. The van der Waals surface area contributed by atoms with Crippen LogP contribution < -0.4 is 10.2 Å². The molecule has 0 radical (unpaired) electrons. The summed E-state index contributed by atoms with van der Waals surface area (Å²) in [5, 5.41) is 2.86. The number of carbonyl (C=O) groups excluding carboxylic acids is 2. The van der Waals surface area contributed by atoms with Crippen molar-refractivity contribution in [2.75, 3.05) is 11.4 Å². The SMILES string of the molecule is CCC(C)C1NC(=O)CCN(c2ccc(Br)cc2Br)C1=O. The average Bonchev–Trinajstić information content (AvgIpc) is 2.59. The molecule has 1 heterocycles. The van der Waals surface area contributed by atoms with Crippen molar-refractivity contribution >= 4 is 49.4 Å². The van der Waals surface area contributed by atoms with Gasteiger partial charge in [-0.25, -0.2) is 0 Å². The van der Waals surface area contributed by atoms with Crippen LogP contribution in [-0.2, 0) is 9.59 Å². The predicted octanol–water partition coefficient (Wildman–Crippen LogP) is 3.48. The number of nitrogens with one attached hydrogen (secondary N) is 1. The van der Waals surface area contributed by atoms with E-state index in [4.69, 9.17) is 0 Å². The lowest BCUT2D eigenvalue weighted by Gasteiger charge is -2.28. The first kappa shape index (κ1) is 16.5. The van der Waals surface area contributed by atoms with Gasteiger partial charge in [0.25, 0.3) is 0 Å². The molecule has 2 amide bonds. The first-order chi connectivity index (χ1) is 9.93. The van der Waals surface area contributed by atoms with Gasteiger partial charge in [0.05, 0.1) is 5.69 Å². The van der Waals surface area contributed by atoms with Crippen LogP contribution in [-0.4, -0.2) is 24.4 Å². The number of rotatable bonds is 3. The van der Waals surface area contributed by atoms with Crippen molar-refractivity contribution < 1.29 is 9.59 Å². The van der Waals surface area contributed by atoms with Crippen LogP contribution in [0.25, 0.3) is 0 Å². The van der Waals surface area contributed by atoms with E-state index in [1.807, 2.05) is 32.0 Å². The Hall–Kier alpha value is -0.880. The van der Waals surface area contributed by atoms with Crippen molar-refractivity contribution in [2.24, 2.45) is 5.92 Å². The second-order valence-electron chi connectivity index (χ2n) is 5.27. The molecule has 2 atom stereocenters. The zero-order valence-corrected chi connectivity index (χ0v) is 15.2. The molecule has 1 aliphatic rings. The van der Waals surface area contributed by atoms with Gasteiger partial charge in [0, 0.05) is 21.9 Å². The summed E-state index contributed by atoms with van der Waals surface area (Å²) in [7, 11) is 0. The first-order valence-corrected chi connectivity index (χ1v) is 8.58. The van der Waals surface area contributed by atoms with Gasteiger partial charge in [0.15, 0.2) is 0 Å². The van der Waals surface area contributed by atoms with Gasteiger partial charge in [-0.1, -0.05) is 36.2 Å². The molecular weight excluding hydrogens is 400 g/mol. The number of carbonyl (C=O) groups is 2. The molecule has 0 saturated carbocycles. The monoisotopic (exact) mass is 416 g/mol. The molecule has 2 rings (SSSR count). The molecule has 4 nitrogen and oxygen atoms in total. The standard InChI is InChI=1S/C15H18Br2N2O2/c1-3-9(2)14-15(21)19(7-6-13(20)18-14)12-5-4-10(16)8-11(12)17/h4-5,8-9,14H,3,6-7H2,1-2H3,(H,18,20). The Balaban J connectivity index is 2.37. The third kappa shape index (κ3) is 3.66. The van der Waals surface area contributed by atoms with Gasteiger partial charge < -0.3 is 10.2 Å². The van der Waals surface area contributed by atoms with Gasteiger partial charge in [-0.2, -0.15) is 0 Å². The molecule has 1 aromatic rings. The summed E-state index contributed by atoms with van der Waals surface area (Å²) in [6.45, 7) is 4.41. The lowest BCUT2D eigenvalue weighted by Crippen LogP contribution is -2.48. The average molecular weight is 418 g/mol. The van der Waals surface area contributed by atoms with Gasteiger partial charge in [0.2, 0.25) is 11.8 Å². The molecule has 2 unspecified atom stereocenters. The van der Waals surface area contributed by atoms with Gasteiger partial charge in [0.1, 0.15) is 6.04 Å². The third-order valence-corrected chi connectivity index (χ3v) is 4.95. The number of nitrogens with zero attached hydrogens (tertiary/aromatic N) is 1. The fraction of sp³-hybridized carbons (Fsp3) is 0.467. The van der Waals surface area contributed by atoms with E-state index < -0.39 is 6.04 Å². The number of benzene rings is 1. The Morgan fingerprint density at radius 1 is 1.38 bits per heavy atom. The molecular formula is C15H18Br2N2O2. The van der Waals surface area contributed by atoms with Crippen LogP contribution in [0.2, 0.25) is 0 Å². The van der Waals surface area contributed by atoms with Crippen LogP contribution in [0.15, 0.2) is 27.1 Å². The molecule has 1 N–H and O–H groups in total. The van der Waals surface area contributed by atoms with Crippen molar-refractivity contribution in [1.82, 2.24) is 5.32 Å². The minimum atomic E-state index is -0.458. The Kier molecular flexibility index (Phi) is 5.43. The Morgan fingerprint density at radius 2 is 2.10 bits per heavy atom. The van der Waals surface area contributed by atoms with Crippen LogP contribution in [0.5, 0.6) is 0 Å². The summed E-state index contributed by atoms with van der Waals surface area (Å²) in [6, 6.07) is 5.23. The number of hydrogen-bond acceptors (Lipinski definition) is 2. The number of hydrogen-bond donors (Lipinski definition) is 1. The molecule has 21 heavy (non-hydrogen) atoms.